The Bertz CT molecular complexity index is 1170. The highest BCUT2D eigenvalue weighted by Crippen LogP contribution is 2.24. The van der Waals surface area contributed by atoms with E-state index in [0.717, 1.165) is 23.0 Å². The number of aliphatic carboxylic acids is 1. The lowest BCUT2D eigenvalue weighted by Gasteiger charge is -2.10. The van der Waals surface area contributed by atoms with Crippen LogP contribution in [0, 0.1) is 5.82 Å². The van der Waals surface area contributed by atoms with E-state index in [1.807, 2.05) is 30.3 Å². The Morgan fingerprint density at radius 2 is 1.80 bits per heavy atom. The number of benzene rings is 3. The minimum Gasteiger partial charge on any atom is -0.489 e. The zero-order valence-corrected chi connectivity index (χ0v) is 16.4. The Labute approximate surface area is 174 Å². The number of carboxylic acids is 1. The van der Waals surface area contributed by atoms with Crippen molar-refractivity contribution in [3.63, 3.8) is 0 Å². The first-order valence-corrected chi connectivity index (χ1v) is 9.84. The van der Waals surface area contributed by atoms with Crippen LogP contribution in [0.15, 0.2) is 79.0 Å². The zero-order valence-electron chi connectivity index (χ0n) is 16.4. The third kappa shape index (κ3) is 4.51. The number of hydrogen-bond acceptors (Lipinski definition) is 2. The lowest BCUT2D eigenvalue weighted by Crippen LogP contribution is -2.01. The van der Waals surface area contributed by atoms with Gasteiger partial charge in [-0.25, -0.2) is 4.39 Å². The molecule has 0 amide bonds. The van der Waals surface area contributed by atoms with E-state index in [0.29, 0.717) is 17.9 Å². The molecule has 152 valence electrons. The summed E-state index contributed by atoms with van der Waals surface area (Å²) in [6.07, 6.45) is 2.13. The second-order valence-electron chi connectivity index (χ2n) is 7.21. The van der Waals surface area contributed by atoms with Crippen LogP contribution in [0.25, 0.3) is 10.9 Å². The molecule has 0 saturated carbocycles. The van der Waals surface area contributed by atoms with Crippen molar-refractivity contribution in [3.05, 3.63) is 102 Å². The Balaban J connectivity index is 1.48. The molecule has 4 nitrogen and oxygen atoms in total. The SMILES string of the molecule is O=C(O)CCc1ccc(OCc2cccc3c2ccn3Cc2ccccc2)cc1F. The molecular weight excluding hydrogens is 381 g/mol. The maximum Gasteiger partial charge on any atom is 0.303 e. The van der Waals surface area contributed by atoms with E-state index in [2.05, 4.69) is 35.0 Å². The van der Waals surface area contributed by atoms with Gasteiger partial charge in [-0.3, -0.25) is 4.79 Å². The number of hydrogen-bond donors (Lipinski definition) is 1. The van der Waals surface area contributed by atoms with Crippen molar-refractivity contribution in [1.82, 2.24) is 4.57 Å². The molecule has 0 bridgehead atoms. The second-order valence-corrected chi connectivity index (χ2v) is 7.21. The van der Waals surface area contributed by atoms with Crippen LogP contribution >= 0.6 is 0 Å². The quantitative estimate of drug-likeness (QED) is 0.427. The minimum atomic E-state index is -0.943. The van der Waals surface area contributed by atoms with Crippen molar-refractivity contribution >= 4 is 16.9 Å². The van der Waals surface area contributed by atoms with Gasteiger partial charge in [0.15, 0.2) is 0 Å². The molecule has 5 heteroatoms. The molecule has 0 fully saturated rings. The smallest absolute Gasteiger partial charge is 0.303 e. The molecule has 0 aliphatic carbocycles. The third-order valence-corrected chi connectivity index (χ3v) is 5.13. The molecule has 0 saturated heterocycles. The minimum absolute atomic E-state index is 0.0981. The van der Waals surface area contributed by atoms with Gasteiger partial charge in [0.25, 0.3) is 0 Å². The fourth-order valence-electron chi connectivity index (χ4n) is 3.55. The molecule has 1 aromatic heterocycles. The summed E-state index contributed by atoms with van der Waals surface area (Å²) in [4.78, 5) is 10.7. The van der Waals surface area contributed by atoms with E-state index >= 15 is 0 Å². The average molecular weight is 403 g/mol. The predicted molar refractivity (Wildman–Crippen MR) is 114 cm³/mol. The van der Waals surface area contributed by atoms with Crippen molar-refractivity contribution in [3.8, 4) is 5.75 Å². The van der Waals surface area contributed by atoms with Gasteiger partial charge in [0.1, 0.15) is 18.2 Å². The van der Waals surface area contributed by atoms with Gasteiger partial charge in [-0.05, 0) is 41.3 Å². The molecule has 3 aromatic carbocycles. The fourth-order valence-corrected chi connectivity index (χ4v) is 3.55. The Hall–Kier alpha value is -3.60. The number of carbonyl (C=O) groups is 1. The van der Waals surface area contributed by atoms with Crippen LogP contribution in [-0.4, -0.2) is 15.6 Å². The summed E-state index contributed by atoms with van der Waals surface area (Å²) in [5, 5.41) is 9.86. The zero-order chi connectivity index (χ0) is 20.9. The fraction of sp³-hybridized carbons (Fsp3) is 0.160. The van der Waals surface area contributed by atoms with Gasteiger partial charge >= 0.3 is 5.97 Å². The number of ether oxygens (including phenoxy) is 1. The van der Waals surface area contributed by atoms with Crippen molar-refractivity contribution in [2.24, 2.45) is 0 Å². The molecule has 0 unspecified atom stereocenters. The van der Waals surface area contributed by atoms with Gasteiger partial charge in [0, 0.05) is 36.1 Å². The van der Waals surface area contributed by atoms with Gasteiger partial charge in [-0.15, -0.1) is 0 Å². The molecule has 30 heavy (non-hydrogen) atoms. The lowest BCUT2D eigenvalue weighted by molar-refractivity contribution is -0.136. The number of halogens is 1. The second kappa shape index (κ2) is 8.82. The topological polar surface area (TPSA) is 51.5 Å². The lowest BCUT2D eigenvalue weighted by atomic mass is 10.1. The molecule has 0 radical (unpaired) electrons. The first-order chi connectivity index (χ1) is 14.6. The van der Waals surface area contributed by atoms with Gasteiger partial charge in [-0.2, -0.15) is 0 Å². The molecule has 0 aliphatic heterocycles. The maximum absolute atomic E-state index is 14.2. The molecule has 1 heterocycles. The Morgan fingerprint density at radius 1 is 0.967 bits per heavy atom. The summed E-state index contributed by atoms with van der Waals surface area (Å²) in [6.45, 7) is 1.11. The van der Waals surface area contributed by atoms with Crippen LogP contribution in [0.1, 0.15) is 23.1 Å². The van der Waals surface area contributed by atoms with E-state index < -0.39 is 11.8 Å². The van der Waals surface area contributed by atoms with Crippen molar-refractivity contribution < 1.29 is 19.0 Å². The molecule has 0 atom stereocenters. The molecular formula is C25H22FNO3. The summed E-state index contributed by atoms with van der Waals surface area (Å²) in [7, 11) is 0. The highest BCUT2D eigenvalue weighted by Gasteiger charge is 2.09. The monoisotopic (exact) mass is 403 g/mol. The highest BCUT2D eigenvalue weighted by molar-refractivity contribution is 5.83. The van der Waals surface area contributed by atoms with Crippen LogP contribution in [0.5, 0.6) is 5.75 Å². The molecule has 0 spiro atoms. The summed E-state index contributed by atoms with van der Waals surface area (Å²) in [6, 6.07) is 23.0. The number of fused-ring (bicyclic) bond motifs is 1. The van der Waals surface area contributed by atoms with Crippen molar-refractivity contribution in [1.29, 1.82) is 0 Å². The normalized spacial score (nSPS) is 11.0. The van der Waals surface area contributed by atoms with E-state index in [1.54, 1.807) is 12.1 Å². The van der Waals surface area contributed by atoms with E-state index in [4.69, 9.17) is 9.84 Å². The largest absolute Gasteiger partial charge is 0.489 e. The van der Waals surface area contributed by atoms with Crippen molar-refractivity contribution in [2.45, 2.75) is 26.0 Å². The maximum atomic E-state index is 14.2. The predicted octanol–water partition coefficient (Wildman–Crippen LogP) is 5.42. The van der Waals surface area contributed by atoms with Crippen LogP contribution in [0.2, 0.25) is 0 Å². The Kier molecular flexibility index (Phi) is 5.80. The first-order valence-electron chi connectivity index (χ1n) is 9.84. The summed E-state index contributed by atoms with van der Waals surface area (Å²) in [5.74, 6) is -0.963. The highest BCUT2D eigenvalue weighted by atomic mass is 19.1. The van der Waals surface area contributed by atoms with E-state index in [9.17, 15) is 9.18 Å². The van der Waals surface area contributed by atoms with Gasteiger partial charge in [0.05, 0.1) is 0 Å². The standard InChI is InChI=1S/C25H22FNO3/c26-23-15-21(11-9-19(23)10-12-25(28)29)30-17-20-7-4-8-24-22(20)13-14-27(24)16-18-5-2-1-3-6-18/h1-9,11,13-15H,10,12,16-17H2,(H,28,29). The van der Waals surface area contributed by atoms with Gasteiger partial charge in [0.2, 0.25) is 0 Å². The average Bonchev–Trinajstić information content (AvgIpc) is 3.15. The Morgan fingerprint density at radius 3 is 2.57 bits per heavy atom. The van der Waals surface area contributed by atoms with Crippen LogP contribution in [0.3, 0.4) is 0 Å². The number of nitrogens with zero attached hydrogens (tertiary/aromatic N) is 1. The molecule has 1 N–H and O–H groups in total. The third-order valence-electron chi connectivity index (χ3n) is 5.13. The summed E-state index contributed by atoms with van der Waals surface area (Å²) in [5.41, 5.74) is 3.75. The van der Waals surface area contributed by atoms with Crippen molar-refractivity contribution in [2.75, 3.05) is 0 Å². The molecule has 0 aliphatic rings. The number of carboxylic acid groups (broad SMARTS) is 1. The molecule has 4 aromatic rings. The van der Waals surface area contributed by atoms with Crippen LogP contribution < -0.4 is 4.74 Å². The van der Waals surface area contributed by atoms with Crippen LogP contribution in [0.4, 0.5) is 4.39 Å². The summed E-state index contributed by atoms with van der Waals surface area (Å²) >= 11 is 0. The number of rotatable bonds is 8. The molecule has 4 rings (SSSR count). The number of aromatic nitrogens is 1. The van der Waals surface area contributed by atoms with Gasteiger partial charge in [-0.1, -0.05) is 48.5 Å². The van der Waals surface area contributed by atoms with E-state index in [-0.39, 0.29) is 12.8 Å². The first kappa shape index (κ1) is 19.7. The van der Waals surface area contributed by atoms with Crippen LogP contribution in [-0.2, 0) is 24.4 Å². The summed E-state index contributed by atoms with van der Waals surface area (Å²) < 4.78 is 22.2. The van der Waals surface area contributed by atoms with Gasteiger partial charge < -0.3 is 14.4 Å². The van der Waals surface area contributed by atoms with E-state index in [1.165, 1.54) is 11.6 Å². The number of aryl methyl sites for hydroxylation is 1.